The zero-order valence-electron chi connectivity index (χ0n) is 10.9. The minimum absolute atomic E-state index is 0.139. The zero-order chi connectivity index (χ0) is 13.2. The van der Waals surface area contributed by atoms with Crippen molar-refractivity contribution < 1.29 is 4.39 Å². The molecule has 0 fully saturated rings. The second kappa shape index (κ2) is 5.10. The summed E-state index contributed by atoms with van der Waals surface area (Å²) in [5.74, 6) is -0.288. The minimum Gasteiger partial charge on any atom is -0.305 e. The van der Waals surface area contributed by atoms with Gasteiger partial charge in [0.25, 0.3) is 0 Å². The molecule has 0 spiro atoms. The number of nitrogens with one attached hydrogen (secondary N) is 1. The number of hydrogen-bond donors (Lipinski definition) is 1. The predicted octanol–water partition coefficient (Wildman–Crippen LogP) is 3.04. The topological polar surface area (TPSA) is 24.9 Å². The summed E-state index contributed by atoms with van der Waals surface area (Å²) in [5, 5.41) is 3.58. The Labute approximate surface area is 112 Å². The third-order valence-electron chi connectivity index (χ3n) is 3.73. The molecule has 1 heterocycles. The minimum atomic E-state index is -0.288. The smallest absolute Gasteiger partial charge is 0.141 e. The molecule has 98 valence electrons. The van der Waals surface area contributed by atoms with Crippen LogP contribution in [0.3, 0.4) is 0 Å². The van der Waals surface area contributed by atoms with E-state index in [2.05, 4.69) is 41.5 Å². The van der Waals surface area contributed by atoms with Gasteiger partial charge < -0.3 is 5.32 Å². The molecule has 1 aromatic carbocycles. The van der Waals surface area contributed by atoms with Crippen molar-refractivity contribution >= 4 is 0 Å². The van der Waals surface area contributed by atoms with Crippen LogP contribution in [-0.4, -0.2) is 11.0 Å². The van der Waals surface area contributed by atoms with Gasteiger partial charge in [0.2, 0.25) is 0 Å². The van der Waals surface area contributed by atoms with Gasteiger partial charge >= 0.3 is 0 Å². The fourth-order valence-corrected chi connectivity index (χ4v) is 2.76. The summed E-state index contributed by atoms with van der Waals surface area (Å²) in [4.78, 5) is 4.13. The van der Waals surface area contributed by atoms with E-state index in [1.165, 1.54) is 23.4 Å². The summed E-state index contributed by atoms with van der Waals surface area (Å²) in [7, 11) is 0. The molecule has 1 unspecified atom stereocenters. The van der Waals surface area contributed by atoms with Gasteiger partial charge in [-0.25, -0.2) is 4.39 Å². The first-order valence-corrected chi connectivity index (χ1v) is 6.66. The molecule has 1 N–H and O–H groups in total. The molecule has 0 saturated heterocycles. The van der Waals surface area contributed by atoms with Crippen molar-refractivity contribution in [2.45, 2.75) is 31.8 Å². The fraction of sp³-hybridized carbons (Fsp3) is 0.312. The second-order valence-electron chi connectivity index (χ2n) is 5.16. The molecule has 0 radical (unpaired) electrons. The van der Waals surface area contributed by atoms with Gasteiger partial charge in [0, 0.05) is 12.1 Å². The first-order valence-electron chi connectivity index (χ1n) is 6.66. The van der Waals surface area contributed by atoms with E-state index >= 15 is 0 Å². The molecule has 1 aromatic heterocycles. The van der Waals surface area contributed by atoms with Crippen LogP contribution in [0, 0.1) is 5.82 Å². The van der Waals surface area contributed by atoms with Crippen LogP contribution < -0.4 is 5.32 Å². The molecule has 1 aliphatic carbocycles. The van der Waals surface area contributed by atoms with E-state index in [1.807, 2.05) is 0 Å². The van der Waals surface area contributed by atoms with Gasteiger partial charge in [-0.1, -0.05) is 24.3 Å². The van der Waals surface area contributed by atoms with Gasteiger partial charge in [-0.15, -0.1) is 0 Å². The monoisotopic (exact) mass is 256 g/mol. The van der Waals surface area contributed by atoms with Crippen LogP contribution in [0.1, 0.15) is 29.8 Å². The second-order valence-corrected chi connectivity index (χ2v) is 5.16. The molecule has 2 aromatic rings. The molecule has 0 bridgehead atoms. The summed E-state index contributed by atoms with van der Waals surface area (Å²) >= 11 is 0. The van der Waals surface area contributed by atoms with Crippen LogP contribution in [-0.2, 0) is 12.8 Å². The molecule has 0 aliphatic heterocycles. The van der Waals surface area contributed by atoms with E-state index in [0.29, 0.717) is 6.04 Å². The summed E-state index contributed by atoms with van der Waals surface area (Å²) in [6, 6.07) is 12.4. The Morgan fingerprint density at radius 1 is 1.16 bits per heavy atom. The third kappa shape index (κ3) is 2.66. The maximum absolute atomic E-state index is 12.9. The number of pyridine rings is 1. The lowest BCUT2D eigenvalue weighted by Gasteiger charge is -2.18. The maximum atomic E-state index is 12.9. The van der Waals surface area contributed by atoms with Gasteiger partial charge in [-0.3, -0.25) is 4.98 Å². The van der Waals surface area contributed by atoms with Crippen molar-refractivity contribution in [3.05, 3.63) is 65.2 Å². The predicted molar refractivity (Wildman–Crippen MR) is 73.4 cm³/mol. The number of nitrogens with zero attached hydrogens (tertiary/aromatic N) is 1. The Morgan fingerprint density at radius 2 is 1.84 bits per heavy atom. The lowest BCUT2D eigenvalue weighted by molar-refractivity contribution is 0.459. The largest absolute Gasteiger partial charge is 0.305 e. The van der Waals surface area contributed by atoms with E-state index in [0.717, 1.165) is 18.5 Å². The highest BCUT2D eigenvalue weighted by molar-refractivity contribution is 5.33. The van der Waals surface area contributed by atoms with Crippen LogP contribution in [0.25, 0.3) is 0 Å². The van der Waals surface area contributed by atoms with Crippen molar-refractivity contribution in [1.29, 1.82) is 0 Å². The molecular formula is C16H17FN2. The van der Waals surface area contributed by atoms with Crippen LogP contribution in [0.4, 0.5) is 4.39 Å². The highest BCUT2D eigenvalue weighted by Crippen LogP contribution is 2.23. The van der Waals surface area contributed by atoms with Crippen molar-refractivity contribution in [1.82, 2.24) is 10.3 Å². The zero-order valence-corrected chi connectivity index (χ0v) is 10.9. The van der Waals surface area contributed by atoms with E-state index < -0.39 is 0 Å². The Morgan fingerprint density at radius 3 is 2.42 bits per heavy atom. The van der Waals surface area contributed by atoms with Crippen molar-refractivity contribution in [3.8, 4) is 0 Å². The highest BCUT2D eigenvalue weighted by Gasteiger charge is 2.22. The van der Waals surface area contributed by atoms with Gasteiger partial charge in [0.05, 0.1) is 11.9 Å². The number of halogens is 1. The fourth-order valence-electron chi connectivity index (χ4n) is 2.76. The molecular weight excluding hydrogens is 239 g/mol. The standard InChI is InChI=1S/C16H17FN2/c1-11(16-7-6-14(17)10-18-16)19-15-8-12-4-2-3-5-13(12)9-15/h2-7,10-11,15,19H,8-9H2,1H3. The highest BCUT2D eigenvalue weighted by atomic mass is 19.1. The molecule has 1 aliphatic rings. The lowest BCUT2D eigenvalue weighted by Crippen LogP contribution is -2.32. The van der Waals surface area contributed by atoms with Gasteiger partial charge in [-0.05, 0) is 43.0 Å². The van der Waals surface area contributed by atoms with E-state index in [9.17, 15) is 4.39 Å². The van der Waals surface area contributed by atoms with Crippen molar-refractivity contribution in [2.75, 3.05) is 0 Å². The number of fused-ring (bicyclic) bond motifs is 1. The number of hydrogen-bond acceptors (Lipinski definition) is 2. The van der Waals surface area contributed by atoms with Crippen LogP contribution in [0.15, 0.2) is 42.6 Å². The molecule has 1 atom stereocenters. The van der Waals surface area contributed by atoms with Crippen molar-refractivity contribution in [2.24, 2.45) is 0 Å². The number of rotatable bonds is 3. The van der Waals surface area contributed by atoms with Crippen LogP contribution in [0.2, 0.25) is 0 Å². The quantitative estimate of drug-likeness (QED) is 0.913. The van der Waals surface area contributed by atoms with Crippen LogP contribution >= 0.6 is 0 Å². The van der Waals surface area contributed by atoms with Crippen molar-refractivity contribution in [3.63, 3.8) is 0 Å². The normalized spacial score (nSPS) is 16.3. The molecule has 0 saturated carbocycles. The average molecular weight is 256 g/mol. The van der Waals surface area contributed by atoms with Crippen LogP contribution in [0.5, 0.6) is 0 Å². The first-order chi connectivity index (χ1) is 9.22. The lowest BCUT2D eigenvalue weighted by atomic mass is 10.1. The van der Waals surface area contributed by atoms with Gasteiger partial charge in [-0.2, -0.15) is 0 Å². The molecule has 3 rings (SSSR count). The maximum Gasteiger partial charge on any atom is 0.141 e. The number of benzene rings is 1. The summed E-state index contributed by atoms with van der Waals surface area (Å²) in [5.41, 5.74) is 3.75. The SMILES string of the molecule is CC(NC1Cc2ccccc2C1)c1ccc(F)cn1. The summed E-state index contributed by atoms with van der Waals surface area (Å²) in [6.45, 7) is 2.07. The molecule has 0 amide bonds. The van der Waals surface area contributed by atoms with E-state index in [1.54, 1.807) is 6.07 Å². The Hall–Kier alpha value is -1.74. The van der Waals surface area contributed by atoms with E-state index in [4.69, 9.17) is 0 Å². The molecule has 3 heteroatoms. The molecule has 19 heavy (non-hydrogen) atoms. The average Bonchev–Trinajstić information content (AvgIpc) is 2.81. The van der Waals surface area contributed by atoms with E-state index in [-0.39, 0.29) is 11.9 Å². The number of aromatic nitrogens is 1. The Kier molecular flexibility index (Phi) is 3.30. The first kappa shape index (κ1) is 12.3. The molecule has 2 nitrogen and oxygen atoms in total. The van der Waals surface area contributed by atoms with Gasteiger partial charge in [0.15, 0.2) is 0 Å². The summed E-state index contributed by atoms with van der Waals surface area (Å²) in [6.07, 6.45) is 3.39. The summed E-state index contributed by atoms with van der Waals surface area (Å²) < 4.78 is 12.9. The van der Waals surface area contributed by atoms with Gasteiger partial charge in [0.1, 0.15) is 5.82 Å². The third-order valence-corrected chi connectivity index (χ3v) is 3.73. The Balaban J connectivity index is 1.66. The Bertz CT molecular complexity index is 540.